The number of hydrogen-bond acceptors (Lipinski definition) is 9. The summed E-state index contributed by atoms with van der Waals surface area (Å²) in [6.45, 7) is 0. The highest BCUT2D eigenvalue weighted by Gasteiger charge is 2.48. The molecular weight excluding hydrogens is 490 g/mol. The van der Waals surface area contributed by atoms with E-state index in [2.05, 4.69) is 5.43 Å². The molecule has 2 aromatic rings. The van der Waals surface area contributed by atoms with Crippen LogP contribution in [0.1, 0.15) is 21.3 Å². The molecule has 2 saturated heterocycles. The average molecular weight is 516 g/mol. The number of methoxy groups -OCH3 is 2. The predicted molar refractivity (Wildman–Crippen MR) is 132 cm³/mol. The molecule has 0 aromatic heterocycles. The number of carbonyl (C=O) groups is 4. The van der Waals surface area contributed by atoms with E-state index in [0.717, 1.165) is 5.56 Å². The van der Waals surface area contributed by atoms with Gasteiger partial charge in [-0.2, -0.15) is 5.01 Å². The maximum absolute atomic E-state index is 13.6. The van der Waals surface area contributed by atoms with E-state index in [9.17, 15) is 19.2 Å². The molecule has 184 valence electrons. The molecule has 0 saturated carbocycles. The maximum atomic E-state index is 13.6. The van der Waals surface area contributed by atoms with Crippen molar-refractivity contribution in [3.63, 3.8) is 0 Å². The quantitative estimate of drug-likeness (QED) is 0.579. The van der Waals surface area contributed by atoms with E-state index in [4.69, 9.17) is 9.47 Å². The minimum Gasteiger partial charge on any atom is -0.468 e. The van der Waals surface area contributed by atoms with Crippen molar-refractivity contribution in [2.45, 2.75) is 22.8 Å². The fourth-order valence-electron chi connectivity index (χ4n) is 4.01. The van der Waals surface area contributed by atoms with Crippen LogP contribution in [-0.4, -0.2) is 76.8 Å². The summed E-state index contributed by atoms with van der Waals surface area (Å²) in [7, 11) is 2.49. The van der Waals surface area contributed by atoms with Gasteiger partial charge in [-0.25, -0.2) is 4.79 Å². The number of esters is 2. The van der Waals surface area contributed by atoms with E-state index in [1.165, 1.54) is 42.8 Å². The van der Waals surface area contributed by atoms with Gasteiger partial charge in [0.1, 0.15) is 17.5 Å². The van der Waals surface area contributed by atoms with E-state index >= 15 is 0 Å². The van der Waals surface area contributed by atoms with E-state index < -0.39 is 35.3 Å². The molecule has 0 spiro atoms. The molecule has 2 amide bonds. The second-order valence-electron chi connectivity index (χ2n) is 7.82. The minimum atomic E-state index is -0.912. The molecule has 11 heteroatoms. The Morgan fingerprint density at radius 1 is 0.829 bits per heavy atom. The molecule has 2 aliphatic rings. The standard InChI is InChI=1S/C24H25N3O6S2/c1-32-23(30)18-14-35-22(24(31)33-2)27(18)25-19(28)17-13-34-21(16-11-7-4-8-12-16)26(17)20(29)15-9-5-3-6-10-15/h3-12,17-18,21-22H,13-14H2,1-2H3,(H,25,28)/t17-,18-,21+,22+/m0/s1. The van der Waals surface area contributed by atoms with Crippen molar-refractivity contribution < 1.29 is 28.7 Å². The number of amides is 2. The van der Waals surface area contributed by atoms with E-state index in [1.807, 2.05) is 36.4 Å². The van der Waals surface area contributed by atoms with Gasteiger partial charge in [-0.3, -0.25) is 19.8 Å². The van der Waals surface area contributed by atoms with Crippen LogP contribution in [-0.2, 0) is 23.9 Å². The van der Waals surface area contributed by atoms with Gasteiger partial charge in [-0.05, 0) is 17.7 Å². The fraction of sp³-hybridized carbons (Fsp3) is 0.333. The van der Waals surface area contributed by atoms with Crippen molar-refractivity contribution in [1.82, 2.24) is 15.3 Å². The lowest BCUT2D eigenvalue weighted by atomic mass is 10.1. The van der Waals surface area contributed by atoms with E-state index in [1.54, 1.807) is 29.2 Å². The Morgan fingerprint density at radius 3 is 2.06 bits per heavy atom. The van der Waals surface area contributed by atoms with Crippen molar-refractivity contribution in [2.75, 3.05) is 25.7 Å². The molecule has 2 aliphatic heterocycles. The molecule has 0 aliphatic carbocycles. The summed E-state index contributed by atoms with van der Waals surface area (Å²) < 4.78 is 9.71. The Bertz CT molecular complexity index is 1060. The third kappa shape index (κ3) is 5.16. The third-order valence-corrected chi connectivity index (χ3v) is 8.33. The molecule has 4 rings (SSSR count). The summed E-state index contributed by atoms with van der Waals surface area (Å²) in [6.07, 6.45) is 0. The van der Waals surface area contributed by atoms with Crippen LogP contribution in [0.5, 0.6) is 0 Å². The lowest BCUT2D eigenvalue weighted by molar-refractivity contribution is -0.153. The molecule has 4 atom stereocenters. The molecular formula is C24H25N3O6S2. The van der Waals surface area contributed by atoms with Crippen molar-refractivity contribution in [3.05, 3.63) is 71.8 Å². The Hall–Kier alpha value is -3.02. The van der Waals surface area contributed by atoms with Gasteiger partial charge < -0.3 is 14.4 Å². The largest absolute Gasteiger partial charge is 0.468 e. The van der Waals surface area contributed by atoms with Crippen LogP contribution in [0.2, 0.25) is 0 Å². The summed E-state index contributed by atoms with van der Waals surface area (Å²) >= 11 is 2.65. The second-order valence-corrected chi connectivity index (χ2v) is 10.0. The highest BCUT2D eigenvalue weighted by atomic mass is 32.2. The van der Waals surface area contributed by atoms with Gasteiger partial charge in [-0.15, -0.1) is 23.5 Å². The number of hydrogen-bond donors (Lipinski definition) is 1. The van der Waals surface area contributed by atoms with Crippen LogP contribution in [0, 0.1) is 0 Å². The summed E-state index contributed by atoms with van der Waals surface area (Å²) in [5.41, 5.74) is 4.08. The van der Waals surface area contributed by atoms with Gasteiger partial charge in [0.2, 0.25) is 0 Å². The van der Waals surface area contributed by atoms with E-state index in [-0.39, 0.29) is 17.0 Å². The first-order chi connectivity index (χ1) is 17.0. The lowest BCUT2D eigenvalue weighted by Gasteiger charge is -2.32. The van der Waals surface area contributed by atoms with Gasteiger partial charge in [0.05, 0.1) is 14.2 Å². The summed E-state index contributed by atoms with van der Waals surface area (Å²) in [4.78, 5) is 53.4. The van der Waals surface area contributed by atoms with Crippen LogP contribution in [0.3, 0.4) is 0 Å². The van der Waals surface area contributed by atoms with Gasteiger partial charge in [0.25, 0.3) is 11.8 Å². The molecule has 0 unspecified atom stereocenters. The Morgan fingerprint density at radius 2 is 1.43 bits per heavy atom. The minimum absolute atomic E-state index is 0.242. The van der Waals surface area contributed by atoms with Gasteiger partial charge in [0.15, 0.2) is 5.37 Å². The monoisotopic (exact) mass is 515 g/mol. The zero-order chi connectivity index (χ0) is 24.9. The first-order valence-electron chi connectivity index (χ1n) is 10.9. The fourth-order valence-corrected chi connectivity index (χ4v) is 6.69. The number of thioether (sulfide) groups is 2. The summed E-state index contributed by atoms with van der Waals surface area (Å²) in [6, 6.07) is 16.6. The maximum Gasteiger partial charge on any atom is 0.335 e. The number of benzene rings is 2. The average Bonchev–Trinajstić information content (AvgIpc) is 3.53. The first kappa shape index (κ1) is 25.1. The highest BCUT2D eigenvalue weighted by Crippen LogP contribution is 2.42. The van der Waals surface area contributed by atoms with Crippen molar-refractivity contribution in [1.29, 1.82) is 0 Å². The predicted octanol–water partition coefficient (Wildman–Crippen LogP) is 2.06. The van der Waals surface area contributed by atoms with Crippen LogP contribution >= 0.6 is 23.5 Å². The lowest BCUT2D eigenvalue weighted by Crippen LogP contribution is -2.59. The summed E-state index contributed by atoms with van der Waals surface area (Å²) in [5, 5.41) is -0.0122. The number of rotatable bonds is 6. The third-order valence-electron chi connectivity index (χ3n) is 5.76. The van der Waals surface area contributed by atoms with Crippen LogP contribution < -0.4 is 5.43 Å². The van der Waals surface area contributed by atoms with Crippen LogP contribution in [0.4, 0.5) is 0 Å². The van der Waals surface area contributed by atoms with Crippen molar-refractivity contribution in [2.24, 2.45) is 0 Å². The molecule has 2 fully saturated rings. The van der Waals surface area contributed by atoms with Crippen molar-refractivity contribution in [3.8, 4) is 0 Å². The van der Waals surface area contributed by atoms with Gasteiger partial charge >= 0.3 is 11.9 Å². The van der Waals surface area contributed by atoms with Crippen molar-refractivity contribution >= 4 is 47.3 Å². The SMILES string of the molecule is COC(=O)[C@H]1SC[C@@H](C(=O)OC)N1NC(=O)[C@@H]1CS[C@H](c2ccccc2)N1C(=O)c1ccccc1. The van der Waals surface area contributed by atoms with Gasteiger partial charge in [0, 0.05) is 17.1 Å². The molecule has 0 radical (unpaired) electrons. The Balaban J connectivity index is 1.63. The number of carbonyl (C=O) groups excluding carboxylic acids is 4. The van der Waals surface area contributed by atoms with E-state index in [0.29, 0.717) is 11.3 Å². The molecule has 0 bridgehead atoms. The first-order valence-corrected chi connectivity index (χ1v) is 13.0. The molecule has 9 nitrogen and oxygen atoms in total. The molecule has 2 heterocycles. The molecule has 2 aromatic carbocycles. The zero-order valence-electron chi connectivity index (χ0n) is 19.2. The number of hydrazine groups is 1. The van der Waals surface area contributed by atoms with Crippen LogP contribution in [0.15, 0.2) is 60.7 Å². The summed E-state index contributed by atoms with van der Waals surface area (Å²) in [5.74, 6) is -1.37. The molecule has 1 N–H and O–H groups in total. The van der Waals surface area contributed by atoms with Gasteiger partial charge in [-0.1, -0.05) is 48.5 Å². The highest BCUT2D eigenvalue weighted by molar-refractivity contribution is 8.00. The molecule has 35 heavy (non-hydrogen) atoms. The number of nitrogens with zero attached hydrogens (tertiary/aromatic N) is 2. The number of ether oxygens (including phenoxy) is 2. The Kier molecular flexibility index (Phi) is 7.99. The zero-order valence-corrected chi connectivity index (χ0v) is 20.8. The normalized spacial score (nSPS) is 24.1. The number of nitrogens with one attached hydrogen (secondary N) is 1. The van der Waals surface area contributed by atoms with Crippen LogP contribution in [0.25, 0.3) is 0 Å². The smallest absolute Gasteiger partial charge is 0.335 e. The topological polar surface area (TPSA) is 105 Å². The Labute approximate surface area is 211 Å². The second kappa shape index (κ2) is 11.1.